The van der Waals surface area contributed by atoms with Gasteiger partial charge in [-0.15, -0.1) is 0 Å². The Balaban J connectivity index is 2.25. The minimum atomic E-state index is 0.0500. The first-order chi connectivity index (χ1) is 8.72. The van der Waals surface area contributed by atoms with Crippen LogP contribution in [0.2, 0.25) is 0 Å². The smallest absolute Gasteiger partial charge is 0.167 e. The minimum Gasteiger partial charge on any atom is -0.383 e. The van der Waals surface area contributed by atoms with E-state index in [1.807, 2.05) is 13.0 Å². The molecular formula is C14H15N3O. The molecule has 4 nitrogen and oxygen atoms in total. The van der Waals surface area contributed by atoms with Crippen molar-refractivity contribution >= 4 is 11.6 Å². The number of hydrogen-bond donors (Lipinski definition) is 1. The molecule has 92 valence electrons. The predicted octanol–water partition coefficient (Wildman–Crippen LogP) is 2.05. The number of ketones is 1. The van der Waals surface area contributed by atoms with Crippen molar-refractivity contribution in [1.29, 1.82) is 0 Å². The van der Waals surface area contributed by atoms with Gasteiger partial charge in [-0.05, 0) is 24.1 Å². The van der Waals surface area contributed by atoms with E-state index in [0.29, 0.717) is 5.82 Å². The molecule has 0 amide bonds. The van der Waals surface area contributed by atoms with Gasteiger partial charge in [0.15, 0.2) is 5.78 Å². The van der Waals surface area contributed by atoms with Gasteiger partial charge in [0.05, 0.1) is 0 Å². The third-order valence-electron chi connectivity index (χ3n) is 2.86. The second kappa shape index (κ2) is 5.40. The van der Waals surface area contributed by atoms with Crippen LogP contribution in [0.5, 0.6) is 0 Å². The average molecular weight is 241 g/mol. The van der Waals surface area contributed by atoms with Crippen molar-refractivity contribution in [2.75, 3.05) is 5.73 Å². The number of nitrogen functional groups attached to an aromatic ring is 1. The van der Waals surface area contributed by atoms with E-state index in [2.05, 4.69) is 9.97 Å². The van der Waals surface area contributed by atoms with Crippen molar-refractivity contribution in [2.24, 2.45) is 0 Å². The normalized spacial score (nSPS) is 10.3. The lowest BCUT2D eigenvalue weighted by atomic mass is 9.99. The van der Waals surface area contributed by atoms with Gasteiger partial charge in [-0.25, -0.2) is 4.98 Å². The summed E-state index contributed by atoms with van der Waals surface area (Å²) in [5.74, 6) is 0.465. The molecule has 0 unspecified atom stereocenters. The molecule has 0 bridgehead atoms. The summed E-state index contributed by atoms with van der Waals surface area (Å²) in [6, 6.07) is 5.37. The summed E-state index contributed by atoms with van der Waals surface area (Å²) in [4.78, 5) is 20.3. The lowest BCUT2D eigenvalue weighted by Gasteiger charge is -2.07. The number of hydrogen-bond acceptors (Lipinski definition) is 4. The Morgan fingerprint density at radius 2 is 2.11 bits per heavy atom. The molecule has 2 heterocycles. The number of pyridine rings is 2. The van der Waals surface area contributed by atoms with E-state index in [4.69, 9.17) is 5.73 Å². The summed E-state index contributed by atoms with van der Waals surface area (Å²) in [7, 11) is 0. The van der Waals surface area contributed by atoms with Gasteiger partial charge in [-0.3, -0.25) is 9.78 Å². The monoisotopic (exact) mass is 241 g/mol. The molecule has 0 aromatic carbocycles. The van der Waals surface area contributed by atoms with Gasteiger partial charge < -0.3 is 5.73 Å². The second-order valence-electron chi connectivity index (χ2n) is 4.03. The van der Waals surface area contributed by atoms with E-state index in [-0.39, 0.29) is 12.2 Å². The molecule has 0 atom stereocenters. The van der Waals surface area contributed by atoms with Crippen molar-refractivity contribution in [3.05, 3.63) is 53.5 Å². The number of rotatable bonds is 4. The average Bonchev–Trinajstić information content (AvgIpc) is 2.41. The number of Topliss-reactive ketones (excluding diaryl/α,β-unsaturated/α-hetero) is 1. The lowest BCUT2D eigenvalue weighted by Crippen LogP contribution is -2.09. The molecule has 0 saturated carbocycles. The maximum absolute atomic E-state index is 12.2. The van der Waals surface area contributed by atoms with E-state index in [0.717, 1.165) is 23.1 Å². The highest BCUT2D eigenvalue weighted by Gasteiger charge is 2.12. The van der Waals surface area contributed by atoms with Crippen LogP contribution in [0.4, 0.5) is 5.82 Å². The van der Waals surface area contributed by atoms with E-state index < -0.39 is 0 Å². The standard InChI is InChI=1S/C14H15N3O/c1-2-10-9-16-7-5-12(10)13(18)8-11-4-3-6-17-14(11)15/h3-7,9H,2,8H2,1H3,(H2,15,17). The molecule has 4 heteroatoms. The molecule has 2 aromatic rings. The molecule has 2 rings (SSSR count). The second-order valence-corrected chi connectivity index (χ2v) is 4.03. The Morgan fingerprint density at radius 3 is 2.83 bits per heavy atom. The summed E-state index contributed by atoms with van der Waals surface area (Å²) in [6.45, 7) is 2.01. The minimum absolute atomic E-state index is 0.0500. The van der Waals surface area contributed by atoms with Crippen LogP contribution in [0.15, 0.2) is 36.8 Å². The number of anilines is 1. The third kappa shape index (κ3) is 2.53. The van der Waals surface area contributed by atoms with Gasteiger partial charge in [0, 0.05) is 36.1 Å². The molecular weight excluding hydrogens is 226 g/mol. The number of carbonyl (C=O) groups excluding carboxylic acids is 1. The molecule has 0 fully saturated rings. The molecule has 0 aliphatic carbocycles. The zero-order valence-corrected chi connectivity index (χ0v) is 10.3. The Kier molecular flexibility index (Phi) is 3.67. The predicted molar refractivity (Wildman–Crippen MR) is 70.3 cm³/mol. The molecule has 2 aromatic heterocycles. The first-order valence-electron chi connectivity index (χ1n) is 5.87. The van der Waals surface area contributed by atoms with Gasteiger partial charge in [0.1, 0.15) is 5.82 Å². The van der Waals surface area contributed by atoms with Gasteiger partial charge in [0.25, 0.3) is 0 Å². The number of aryl methyl sites for hydroxylation is 1. The fourth-order valence-corrected chi connectivity index (χ4v) is 1.85. The number of aromatic nitrogens is 2. The zero-order chi connectivity index (χ0) is 13.0. The quantitative estimate of drug-likeness (QED) is 0.832. The van der Waals surface area contributed by atoms with E-state index in [1.165, 1.54) is 0 Å². The van der Waals surface area contributed by atoms with Crippen LogP contribution in [0.1, 0.15) is 28.4 Å². The van der Waals surface area contributed by atoms with Crippen molar-refractivity contribution < 1.29 is 4.79 Å². The molecule has 0 aliphatic heterocycles. The zero-order valence-electron chi connectivity index (χ0n) is 10.3. The summed E-state index contributed by atoms with van der Waals surface area (Å²) in [5, 5.41) is 0. The van der Waals surface area contributed by atoms with Crippen LogP contribution in [-0.4, -0.2) is 15.8 Å². The number of nitrogens with two attached hydrogens (primary N) is 1. The highest BCUT2D eigenvalue weighted by Crippen LogP contribution is 2.14. The van der Waals surface area contributed by atoms with Crippen LogP contribution in [0.25, 0.3) is 0 Å². The van der Waals surface area contributed by atoms with Gasteiger partial charge >= 0.3 is 0 Å². The molecule has 0 saturated heterocycles. The molecule has 2 N–H and O–H groups in total. The van der Waals surface area contributed by atoms with Crippen molar-refractivity contribution in [3.63, 3.8) is 0 Å². The van der Waals surface area contributed by atoms with Crippen molar-refractivity contribution in [2.45, 2.75) is 19.8 Å². The first kappa shape index (κ1) is 12.2. The van der Waals surface area contributed by atoms with Crippen LogP contribution >= 0.6 is 0 Å². The topological polar surface area (TPSA) is 68.9 Å². The summed E-state index contributed by atoms with van der Waals surface area (Å²) >= 11 is 0. The molecule has 18 heavy (non-hydrogen) atoms. The summed E-state index contributed by atoms with van der Waals surface area (Å²) in [5.41, 5.74) is 8.19. The third-order valence-corrected chi connectivity index (χ3v) is 2.86. The summed E-state index contributed by atoms with van der Waals surface area (Å²) < 4.78 is 0. The van der Waals surface area contributed by atoms with Gasteiger partial charge in [-0.1, -0.05) is 13.0 Å². The fourth-order valence-electron chi connectivity index (χ4n) is 1.85. The maximum Gasteiger partial charge on any atom is 0.167 e. The van der Waals surface area contributed by atoms with E-state index in [1.54, 1.807) is 30.7 Å². The van der Waals surface area contributed by atoms with Crippen molar-refractivity contribution in [1.82, 2.24) is 9.97 Å². The van der Waals surface area contributed by atoms with E-state index in [9.17, 15) is 4.79 Å². The highest BCUT2D eigenvalue weighted by atomic mass is 16.1. The fraction of sp³-hybridized carbons (Fsp3) is 0.214. The molecule has 0 aliphatic rings. The Hall–Kier alpha value is -2.23. The maximum atomic E-state index is 12.2. The Bertz CT molecular complexity index is 566. The van der Waals surface area contributed by atoms with Gasteiger partial charge in [0.2, 0.25) is 0 Å². The van der Waals surface area contributed by atoms with Crippen LogP contribution in [0.3, 0.4) is 0 Å². The number of carbonyl (C=O) groups is 1. The van der Waals surface area contributed by atoms with Gasteiger partial charge in [-0.2, -0.15) is 0 Å². The lowest BCUT2D eigenvalue weighted by molar-refractivity contribution is 0.0992. The Labute approximate surface area is 106 Å². The van der Waals surface area contributed by atoms with E-state index >= 15 is 0 Å². The highest BCUT2D eigenvalue weighted by molar-refractivity contribution is 5.99. The SMILES string of the molecule is CCc1cnccc1C(=O)Cc1cccnc1N. The molecule has 0 radical (unpaired) electrons. The largest absolute Gasteiger partial charge is 0.383 e. The Morgan fingerprint density at radius 1 is 1.28 bits per heavy atom. The van der Waals surface area contributed by atoms with Crippen molar-refractivity contribution in [3.8, 4) is 0 Å². The molecule has 0 spiro atoms. The first-order valence-corrected chi connectivity index (χ1v) is 5.87. The van der Waals surface area contributed by atoms with Crippen LogP contribution < -0.4 is 5.73 Å². The summed E-state index contributed by atoms with van der Waals surface area (Å²) in [6.07, 6.45) is 6.06. The number of nitrogens with zero attached hydrogens (tertiary/aromatic N) is 2. The van der Waals surface area contributed by atoms with Crippen LogP contribution in [-0.2, 0) is 12.8 Å². The van der Waals surface area contributed by atoms with Crippen LogP contribution in [0, 0.1) is 0 Å².